The van der Waals surface area contributed by atoms with Gasteiger partial charge in [0.15, 0.2) is 5.69 Å². The first-order valence-corrected chi connectivity index (χ1v) is 7.22. The van der Waals surface area contributed by atoms with Gasteiger partial charge in [0.05, 0.1) is 5.56 Å². The molecule has 4 nitrogen and oxygen atoms in total. The Kier molecular flexibility index (Phi) is 4.01. The van der Waals surface area contributed by atoms with Crippen LogP contribution >= 0.6 is 0 Å². The Bertz CT molecular complexity index is 894. The molecule has 24 heavy (non-hydrogen) atoms. The summed E-state index contributed by atoms with van der Waals surface area (Å²) in [7, 11) is 1.34. The van der Waals surface area contributed by atoms with Crippen LogP contribution in [0, 0.1) is 0 Å². The van der Waals surface area contributed by atoms with Crippen LogP contribution in [0.15, 0.2) is 48.7 Å². The fraction of sp³-hybridized carbons (Fsp3) is 0.176. The van der Waals surface area contributed by atoms with E-state index in [0.29, 0.717) is 0 Å². The number of benzene rings is 2. The van der Waals surface area contributed by atoms with Crippen molar-refractivity contribution in [2.24, 2.45) is 7.05 Å². The van der Waals surface area contributed by atoms with Crippen molar-refractivity contribution in [2.45, 2.75) is 12.7 Å². The zero-order valence-electron chi connectivity index (χ0n) is 12.8. The molecule has 0 radical (unpaired) electrons. The summed E-state index contributed by atoms with van der Waals surface area (Å²) in [6.45, 7) is 0.131. The fourth-order valence-corrected chi connectivity index (χ4v) is 2.58. The Morgan fingerprint density at radius 2 is 1.88 bits per heavy atom. The van der Waals surface area contributed by atoms with Gasteiger partial charge in [-0.3, -0.25) is 9.48 Å². The molecule has 1 heterocycles. The largest absolute Gasteiger partial charge is 0.435 e. The Morgan fingerprint density at radius 1 is 1.17 bits per heavy atom. The van der Waals surface area contributed by atoms with Crippen molar-refractivity contribution in [1.29, 1.82) is 0 Å². The summed E-state index contributed by atoms with van der Waals surface area (Å²) in [5.41, 5.74) is -0.829. The zero-order valence-corrected chi connectivity index (χ0v) is 12.8. The number of aryl methyl sites for hydroxylation is 1. The second-order valence-electron chi connectivity index (χ2n) is 5.38. The van der Waals surface area contributed by atoms with Gasteiger partial charge in [-0.25, -0.2) is 0 Å². The summed E-state index contributed by atoms with van der Waals surface area (Å²) >= 11 is 0. The van der Waals surface area contributed by atoms with E-state index in [-0.39, 0.29) is 6.54 Å². The first-order chi connectivity index (χ1) is 11.4. The van der Waals surface area contributed by atoms with Crippen molar-refractivity contribution in [1.82, 2.24) is 15.1 Å². The van der Waals surface area contributed by atoms with E-state index in [9.17, 15) is 18.0 Å². The van der Waals surface area contributed by atoms with Crippen LogP contribution in [0.3, 0.4) is 0 Å². The lowest BCUT2D eigenvalue weighted by Gasteiger charge is -2.09. The van der Waals surface area contributed by atoms with Crippen molar-refractivity contribution in [3.05, 3.63) is 65.5 Å². The van der Waals surface area contributed by atoms with E-state index in [1.54, 1.807) is 0 Å². The van der Waals surface area contributed by atoms with Gasteiger partial charge in [0.2, 0.25) is 0 Å². The molecule has 7 heteroatoms. The molecule has 0 unspecified atom stereocenters. The Morgan fingerprint density at radius 3 is 2.62 bits per heavy atom. The Hall–Kier alpha value is -2.83. The number of hydrogen-bond donors (Lipinski definition) is 1. The molecule has 0 aliphatic carbocycles. The summed E-state index contributed by atoms with van der Waals surface area (Å²) in [4.78, 5) is 12.2. The normalized spacial score (nSPS) is 11.7. The predicted molar refractivity (Wildman–Crippen MR) is 83.3 cm³/mol. The lowest BCUT2D eigenvalue weighted by Crippen LogP contribution is -2.25. The number of carbonyl (C=O) groups is 1. The smallest absolute Gasteiger partial charge is 0.348 e. The van der Waals surface area contributed by atoms with Crippen LogP contribution in [0.25, 0.3) is 10.8 Å². The van der Waals surface area contributed by atoms with Crippen LogP contribution < -0.4 is 5.32 Å². The molecule has 3 rings (SSSR count). The highest BCUT2D eigenvalue weighted by Crippen LogP contribution is 2.30. The Balaban J connectivity index is 1.84. The number of carbonyl (C=O) groups excluding carboxylic acids is 1. The zero-order chi connectivity index (χ0) is 17.3. The number of fused-ring (bicyclic) bond motifs is 1. The van der Waals surface area contributed by atoms with Gasteiger partial charge in [-0.2, -0.15) is 18.3 Å². The van der Waals surface area contributed by atoms with E-state index in [1.807, 2.05) is 42.5 Å². The van der Waals surface area contributed by atoms with E-state index in [0.717, 1.165) is 27.2 Å². The number of rotatable bonds is 3. The molecular formula is C17H14F3N3O. The predicted octanol–water partition coefficient (Wildman–Crippen LogP) is 3.52. The van der Waals surface area contributed by atoms with Crippen LogP contribution in [0.2, 0.25) is 0 Å². The summed E-state index contributed by atoms with van der Waals surface area (Å²) < 4.78 is 39.8. The second kappa shape index (κ2) is 5.99. The van der Waals surface area contributed by atoms with Crippen LogP contribution in [-0.2, 0) is 19.8 Å². The highest BCUT2D eigenvalue weighted by molar-refractivity contribution is 5.95. The maximum absolute atomic E-state index is 12.9. The summed E-state index contributed by atoms with van der Waals surface area (Å²) in [5, 5.41) is 7.83. The summed E-state index contributed by atoms with van der Waals surface area (Å²) in [6, 6.07) is 13.2. The van der Waals surface area contributed by atoms with Crippen molar-refractivity contribution in [2.75, 3.05) is 0 Å². The Labute approximate surface area is 135 Å². The number of halogens is 3. The first kappa shape index (κ1) is 16.0. The first-order valence-electron chi connectivity index (χ1n) is 7.22. The molecule has 1 aromatic heterocycles. The van der Waals surface area contributed by atoms with Crippen LogP contribution in [0.5, 0.6) is 0 Å². The molecule has 2 aromatic carbocycles. The third kappa shape index (κ3) is 3.10. The van der Waals surface area contributed by atoms with Gasteiger partial charge in [-0.15, -0.1) is 0 Å². The number of hydrogen-bond acceptors (Lipinski definition) is 2. The minimum Gasteiger partial charge on any atom is -0.348 e. The minimum atomic E-state index is -4.67. The average molecular weight is 333 g/mol. The molecule has 0 spiro atoms. The molecule has 1 amide bonds. The number of nitrogens with one attached hydrogen (secondary N) is 1. The molecule has 1 N–H and O–H groups in total. The monoisotopic (exact) mass is 333 g/mol. The molecule has 0 fully saturated rings. The molecule has 0 aliphatic rings. The molecule has 0 atom stereocenters. The van der Waals surface area contributed by atoms with Gasteiger partial charge >= 0.3 is 6.18 Å². The molecule has 124 valence electrons. The van der Waals surface area contributed by atoms with Gasteiger partial charge in [0, 0.05) is 19.8 Å². The highest BCUT2D eigenvalue weighted by Gasteiger charge is 2.38. The van der Waals surface area contributed by atoms with Crippen LogP contribution in [0.1, 0.15) is 21.6 Å². The number of aromatic nitrogens is 2. The van der Waals surface area contributed by atoms with E-state index in [4.69, 9.17) is 0 Å². The number of alkyl halides is 3. The third-order valence-corrected chi connectivity index (χ3v) is 3.66. The molecule has 0 saturated carbocycles. The number of amides is 1. The van der Waals surface area contributed by atoms with Crippen molar-refractivity contribution >= 4 is 16.7 Å². The minimum absolute atomic E-state index is 0.131. The van der Waals surface area contributed by atoms with Crippen LogP contribution in [-0.4, -0.2) is 15.7 Å². The van der Waals surface area contributed by atoms with Gasteiger partial charge in [-0.05, 0) is 16.3 Å². The SMILES string of the molecule is Cn1cc(C(=O)NCc2cccc3ccccc23)c(C(F)(F)F)n1. The maximum Gasteiger partial charge on any atom is 0.435 e. The van der Waals surface area contributed by atoms with E-state index >= 15 is 0 Å². The van der Waals surface area contributed by atoms with E-state index in [1.165, 1.54) is 7.05 Å². The summed E-state index contributed by atoms with van der Waals surface area (Å²) in [6.07, 6.45) is -3.60. The quantitative estimate of drug-likeness (QED) is 0.797. The molecule has 0 saturated heterocycles. The lowest BCUT2D eigenvalue weighted by atomic mass is 10.0. The van der Waals surface area contributed by atoms with Gasteiger partial charge < -0.3 is 5.32 Å². The van der Waals surface area contributed by atoms with Gasteiger partial charge in [-0.1, -0.05) is 42.5 Å². The fourth-order valence-electron chi connectivity index (χ4n) is 2.58. The summed E-state index contributed by atoms with van der Waals surface area (Å²) in [5.74, 6) is -0.802. The van der Waals surface area contributed by atoms with E-state index in [2.05, 4.69) is 10.4 Å². The second-order valence-corrected chi connectivity index (χ2v) is 5.38. The van der Waals surface area contributed by atoms with Gasteiger partial charge in [0.25, 0.3) is 5.91 Å². The molecule has 3 aromatic rings. The standard InChI is InChI=1S/C17H14F3N3O/c1-23-10-14(15(22-23)17(18,19)20)16(24)21-9-12-7-4-6-11-5-2-3-8-13(11)12/h2-8,10H,9H2,1H3,(H,21,24). The van der Waals surface area contributed by atoms with Crippen molar-refractivity contribution in [3.8, 4) is 0 Å². The van der Waals surface area contributed by atoms with Crippen LogP contribution in [0.4, 0.5) is 13.2 Å². The highest BCUT2D eigenvalue weighted by atomic mass is 19.4. The molecule has 0 bridgehead atoms. The van der Waals surface area contributed by atoms with Gasteiger partial charge in [0.1, 0.15) is 0 Å². The molecule has 0 aliphatic heterocycles. The topological polar surface area (TPSA) is 46.9 Å². The van der Waals surface area contributed by atoms with E-state index < -0.39 is 23.3 Å². The number of nitrogens with zero attached hydrogens (tertiary/aromatic N) is 2. The maximum atomic E-state index is 12.9. The lowest BCUT2D eigenvalue weighted by molar-refractivity contribution is -0.141. The average Bonchev–Trinajstić information content (AvgIpc) is 2.95. The van der Waals surface area contributed by atoms with Crippen molar-refractivity contribution < 1.29 is 18.0 Å². The molecular weight excluding hydrogens is 319 g/mol. The van der Waals surface area contributed by atoms with Crippen molar-refractivity contribution in [3.63, 3.8) is 0 Å². The third-order valence-electron chi connectivity index (χ3n) is 3.66.